The maximum Gasteiger partial charge on any atom is 0.261 e. The van der Waals surface area contributed by atoms with E-state index in [1.54, 1.807) is 6.07 Å². The number of hydrogen-bond donors (Lipinski definition) is 2. The van der Waals surface area contributed by atoms with Crippen LogP contribution in [0.4, 0.5) is 14.5 Å². The summed E-state index contributed by atoms with van der Waals surface area (Å²) in [4.78, 5) is -0.0807. The van der Waals surface area contributed by atoms with Crippen LogP contribution in [0.15, 0.2) is 47.4 Å². The van der Waals surface area contributed by atoms with Gasteiger partial charge in [0.25, 0.3) is 10.0 Å². The van der Waals surface area contributed by atoms with Gasteiger partial charge in [0, 0.05) is 0 Å². The van der Waals surface area contributed by atoms with Crippen LogP contribution in [-0.4, -0.2) is 13.5 Å². The van der Waals surface area contributed by atoms with Crippen molar-refractivity contribution in [3.63, 3.8) is 0 Å². The second kappa shape index (κ2) is 4.85. The summed E-state index contributed by atoms with van der Waals surface area (Å²) in [6.07, 6.45) is 0. The first-order chi connectivity index (χ1) is 8.92. The van der Waals surface area contributed by atoms with Gasteiger partial charge in [-0.2, -0.15) is 4.39 Å². The van der Waals surface area contributed by atoms with Gasteiger partial charge < -0.3 is 5.11 Å². The monoisotopic (exact) mass is 285 g/mol. The van der Waals surface area contributed by atoms with Crippen LogP contribution in [0.1, 0.15) is 0 Å². The number of aromatic hydroxyl groups is 1. The molecule has 0 radical (unpaired) electrons. The second-order valence-corrected chi connectivity index (χ2v) is 5.36. The fourth-order valence-electron chi connectivity index (χ4n) is 1.42. The molecular weight excluding hydrogens is 276 g/mol. The third-order valence-corrected chi connectivity index (χ3v) is 3.74. The van der Waals surface area contributed by atoms with Crippen LogP contribution in [0.3, 0.4) is 0 Å². The molecule has 0 saturated heterocycles. The minimum Gasteiger partial charge on any atom is -0.505 e. The first-order valence-corrected chi connectivity index (χ1v) is 6.65. The van der Waals surface area contributed by atoms with Gasteiger partial charge in [-0.15, -0.1) is 0 Å². The fourth-order valence-corrected chi connectivity index (χ4v) is 2.50. The molecule has 0 aliphatic carbocycles. The highest BCUT2D eigenvalue weighted by Gasteiger charge is 2.19. The third-order valence-electron chi connectivity index (χ3n) is 2.36. The lowest BCUT2D eigenvalue weighted by Crippen LogP contribution is -2.14. The zero-order chi connectivity index (χ0) is 14.0. The summed E-state index contributed by atoms with van der Waals surface area (Å²) in [7, 11) is -4.00. The molecule has 0 atom stereocenters. The number of phenolic OH excluding ortho intramolecular Hbond substituents is 1. The molecule has 0 heterocycles. The minimum absolute atomic E-state index is 0.0807. The van der Waals surface area contributed by atoms with Gasteiger partial charge >= 0.3 is 0 Å². The van der Waals surface area contributed by atoms with Gasteiger partial charge in [-0.05, 0) is 24.3 Å². The maximum atomic E-state index is 13.4. The number of rotatable bonds is 3. The highest BCUT2D eigenvalue weighted by Crippen LogP contribution is 2.26. The molecular formula is C12H9F2NO3S. The average Bonchev–Trinajstić information content (AvgIpc) is 2.40. The van der Waals surface area contributed by atoms with Crippen molar-refractivity contribution in [3.05, 3.63) is 54.1 Å². The zero-order valence-corrected chi connectivity index (χ0v) is 10.3. The Balaban J connectivity index is 2.40. The predicted molar refractivity (Wildman–Crippen MR) is 65.3 cm³/mol. The SMILES string of the molecule is O=S(=O)(Nc1ccc(O)c(F)c1F)c1ccccc1. The Labute approximate surface area is 108 Å². The number of nitrogens with one attached hydrogen (secondary N) is 1. The third kappa shape index (κ3) is 2.65. The van der Waals surface area contributed by atoms with Gasteiger partial charge in [0.05, 0.1) is 10.6 Å². The van der Waals surface area contributed by atoms with E-state index < -0.39 is 33.1 Å². The molecule has 0 bridgehead atoms. The number of halogens is 2. The smallest absolute Gasteiger partial charge is 0.261 e. The van der Waals surface area contributed by atoms with Gasteiger partial charge in [0.2, 0.25) is 5.82 Å². The van der Waals surface area contributed by atoms with Gasteiger partial charge in [-0.1, -0.05) is 18.2 Å². The van der Waals surface area contributed by atoms with E-state index in [-0.39, 0.29) is 4.90 Å². The molecule has 19 heavy (non-hydrogen) atoms. The largest absolute Gasteiger partial charge is 0.505 e. The lowest BCUT2D eigenvalue weighted by Gasteiger charge is -2.09. The summed E-state index contributed by atoms with van der Waals surface area (Å²) < 4.78 is 52.2. The molecule has 7 heteroatoms. The van der Waals surface area contributed by atoms with Crippen LogP contribution in [0.2, 0.25) is 0 Å². The minimum atomic E-state index is -4.00. The van der Waals surface area contributed by atoms with Crippen molar-refractivity contribution in [2.24, 2.45) is 0 Å². The average molecular weight is 285 g/mol. The highest BCUT2D eigenvalue weighted by atomic mass is 32.2. The molecule has 0 fully saturated rings. The second-order valence-electron chi connectivity index (χ2n) is 3.68. The van der Waals surface area contributed by atoms with E-state index in [2.05, 4.69) is 0 Å². The fraction of sp³-hybridized carbons (Fsp3) is 0. The Bertz CT molecular complexity index is 702. The molecule has 2 rings (SSSR count). The lowest BCUT2D eigenvalue weighted by molar-refractivity contribution is 0.408. The summed E-state index contributed by atoms with van der Waals surface area (Å²) >= 11 is 0. The van der Waals surface area contributed by atoms with Crippen LogP contribution in [0.5, 0.6) is 5.75 Å². The molecule has 0 aromatic heterocycles. The summed E-state index contributed by atoms with van der Waals surface area (Å²) in [6, 6.07) is 9.06. The number of sulfonamides is 1. The van der Waals surface area contributed by atoms with E-state index in [4.69, 9.17) is 5.11 Å². The standard InChI is InChI=1S/C12H9F2NO3S/c13-11-9(6-7-10(16)12(11)14)15-19(17,18)8-4-2-1-3-5-8/h1-7,15-16H. The van der Waals surface area contributed by atoms with E-state index in [1.807, 2.05) is 4.72 Å². The Morgan fingerprint density at radius 1 is 0.947 bits per heavy atom. The van der Waals surface area contributed by atoms with Crippen molar-refractivity contribution >= 4 is 15.7 Å². The summed E-state index contributed by atoms with van der Waals surface area (Å²) in [6.45, 7) is 0. The Morgan fingerprint density at radius 2 is 1.58 bits per heavy atom. The molecule has 0 aliphatic heterocycles. The number of phenols is 1. The summed E-state index contributed by atoms with van der Waals surface area (Å²) in [5.41, 5.74) is -0.570. The van der Waals surface area contributed by atoms with Gasteiger partial charge in [-0.3, -0.25) is 4.72 Å². The molecule has 2 aromatic carbocycles. The van der Waals surface area contributed by atoms with Crippen molar-refractivity contribution in [2.75, 3.05) is 4.72 Å². The van der Waals surface area contributed by atoms with Crippen molar-refractivity contribution in [1.29, 1.82) is 0 Å². The van der Waals surface area contributed by atoms with E-state index >= 15 is 0 Å². The number of anilines is 1. The van der Waals surface area contributed by atoms with Gasteiger partial charge in [-0.25, -0.2) is 12.8 Å². The molecule has 0 aliphatic rings. The van der Waals surface area contributed by atoms with Crippen LogP contribution < -0.4 is 4.72 Å². The maximum absolute atomic E-state index is 13.4. The van der Waals surface area contributed by atoms with Crippen LogP contribution in [0.25, 0.3) is 0 Å². The topological polar surface area (TPSA) is 66.4 Å². The van der Waals surface area contributed by atoms with Crippen LogP contribution in [-0.2, 0) is 10.0 Å². The molecule has 0 saturated carbocycles. The van der Waals surface area contributed by atoms with E-state index in [0.29, 0.717) is 0 Å². The lowest BCUT2D eigenvalue weighted by atomic mass is 10.3. The molecule has 0 spiro atoms. The quantitative estimate of drug-likeness (QED) is 0.851. The van der Waals surface area contributed by atoms with E-state index in [1.165, 1.54) is 24.3 Å². The zero-order valence-electron chi connectivity index (χ0n) is 9.47. The molecule has 4 nitrogen and oxygen atoms in total. The first-order valence-electron chi connectivity index (χ1n) is 5.16. The number of hydrogen-bond acceptors (Lipinski definition) is 3. The van der Waals surface area contributed by atoms with E-state index in [0.717, 1.165) is 12.1 Å². The normalized spacial score (nSPS) is 11.3. The first kappa shape index (κ1) is 13.3. The van der Waals surface area contributed by atoms with Gasteiger partial charge in [0.15, 0.2) is 11.6 Å². The van der Waals surface area contributed by atoms with Crippen LogP contribution in [0, 0.1) is 11.6 Å². The number of benzene rings is 2. The Kier molecular flexibility index (Phi) is 3.39. The molecule has 0 amide bonds. The molecule has 2 aromatic rings. The predicted octanol–water partition coefficient (Wildman–Crippen LogP) is 2.47. The molecule has 0 unspecified atom stereocenters. The Hall–Kier alpha value is -2.15. The van der Waals surface area contributed by atoms with Crippen molar-refractivity contribution < 1.29 is 22.3 Å². The van der Waals surface area contributed by atoms with Crippen LogP contribution >= 0.6 is 0 Å². The summed E-state index contributed by atoms with van der Waals surface area (Å²) in [5, 5.41) is 8.95. The van der Waals surface area contributed by atoms with Gasteiger partial charge in [0.1, 0.15) is 0 Å². The Morgan fingerprint density at radius 3 is 2.21 bits per heavy atom. The molecule has 100 valence electrons. The van der Waals surface area contributed by atoms with Crippen molar-refractivity contribution in [2.45, 2.75) is 4.90 Å². The van der Waals surface area contributed by atoms with Crippen molar-refractivity contribution in [1.82, 2.24) is 0 Å². The highest BCUT2D eigenvalue weighted by molar-refractivity contribution is 7.92. The van der Waals surface area contributed by atoms with Crippen molar-refractivity contribution in [3.8, 4) is 5.75 Å². The van der Waals surface area contributed by atoms with E-state index in [9.17, 15) is 17.2 Å². The molecule has 2 N–H and O–H groups in total. The summed E-state index contributed by atoms with van der Waals surface area (Å²) in [5.74, 6) is -3.85.